The molecule has 0 spiro atoms. The van der Waals surface area contributed by atoms with Crippen LogP contribution in [-0.4, -0.2) is 25.3 Å². The zero-order valence-electron chi connectivity index (χ0n) is 8.68. The molecule has 0 aliphatic heterocycles. The Labute approximate surface area is 75.7 Å². The van der Waals surface area contributed by atoms with E-state index in [1.54, 1.807) is 7.11 Å². The summed E-state index contributed by atoms with van der Waals surface area (Å²) in [5.41, 5.74) is 0.312. The molecule has 1 fully saturated rings. The highest BCUT2D eigenvalue weighted by Crippen LogP contribution is 2.39. The molecule has 0 amide bonds. The topological polar surface area (TPSA) is 21.3 Å². The Balaban J connectivity index is 2.20. The van der Waals surface area contributed by atoms with Gasteiger partial charge < -0.3 is 10.1 Å². The fraction of sp³-hybridized carbons (Fsp3) is 1.00. The summed E-state index contributed by atoms with van der Waals surface area (Å²) in [5, 5.41) is 3.55. The van der Waals surface area contributed by atoms with E-state index in [4.69, 9.17) is 4.74 Å². The highest BCUT2D eigenvalue weighted by atomic mass is 16.5. The van der Waals surface area contributed by atoms with Gasteiger partial charge in [0.25, 0.3) is 0 Å². The van der Waals surface area contributed by atoms with Crippen molar-refractivity contribution in [1.29, 1.82) is 0 Å². The molecule has 1 aliphatic rings. The maximum Gasteiger partial charge on any atom is 0.0667 e. The predicted molar refractivity (Wildman–Crippen MR) is 51.3 cm³/mol. The normalized spacial score (nSPS) is 21.0. The van der Waals surface area contributed by atoms with Gasteiger partial charge in [-0.1, -0.05) is 0 Å². The second-order valence-electron chi connectivity index (χ2n) is 4.42. The van der Waals surface area contributed by atoms with Crippen LogP contribution in [0.4, 0.5) is 0 Å². The Morgan fingerprint density at radius 3 is 2.50 bits per heavy atom. The quantitative estimate of drug-likeness (QED) is 0.681. The molecule has 2 heteroatoms. The second-order valence-corrected chi connectivity index (χ2v) is 4.42. The first-order chi connectivity index (χ1) is 5.56. The van der Waals surface area contributed by atoms with Gasteiger partial charge in [-0.15, -0.1) is 0 Å². The minimum atomic E-state index is 0.312. The SMILES string of the molecule is COC(C)CNC(C)(C)C1CC1. The molecule has 0 aromatic heterocycles. The molecule has 1 saturated carbocycles. The predicted octanol–water partition coefficient (Wildman–Crippen LogP) is 1.80. The largest absolute Gasteiger partial charge is 0.380 e. The van der Waals surface area contributed by atoms with Gasteiger partial charge in [0, 0.05) is 19.2 Å². The third-order valence-corrected chi connectivity index (χ3v) is 2.85. The van der Waals surface area contributed by atoms with Crippen LogP contribution >= 0.6 is 0 Å². The zero-order valence-corrected chi connectivity index (χ0v) is 8.68. The lowest BCUT2D eigenvalue weighted by molar-refractivity contribution is 0.107. The molecular weight excluding hydrogens is 150 g/mol. The number of nitrogens with one attached hydrogen (secondary N) is 1. The van der Waals surface area contributed by atoms with Crippen molar-refractivity contribution >= 4 is 0 Å². The van der Waals surface area contributed by atoms with Crippen molar-refractivity contribution in [2.24, 2.45) is 5.92 Å². The van der Waals surface area contributed by atoms with Gasteiger partial charge in [-0.05, 0) is 39.5 Å². The van der Waals surface area contributed by atoms with Crippen LogP contribution in [0.5, 0.6) is 0 Å². The van der Waals surface area contributed by atoms with Crippen LogP contribution in [0.3, 0.4) is 0 Å². The summed E-state index contributed by atoms with van der Waals surface area (Å²) < 4.78 is 5.18. The van der Waals surface area contributed by atoms with Crippen molar-refractivity contribution in [1.82, 2.24) is 5.32 Å². The minimum absolute atomic E-state index is 0.312. The standard InChI is InChI=1S/C10H21NO/c1-8(12-4)7-11-10(2,3)9-5-6-9/h8-9,11H,5-7H2,1-4H3. The molecule has 1 N–H and O–H groups in total. The summed E-state index contributed by atoms with van der Waals surface area (Å²) in [6.07, 6.45) is 3.10. The van der Waals surface area contributed by atoms with Crippen LogP contribution in [-0.2, 0) is 4.74 Å². The Hall–Kier alpha value is -0.0800. The fourth-order valence-electron chi connectivity index (χ4n) is 1.44. The molecule has 1 rings (SSSR count). The van der Waals surface area contributed by atoms with Gasteiger partial charge in [0.1, 0.15) is 0 Å². The van der Waals surface area contributed by atoms with Crippen LogP contribution < -0.4 is 5.32 Å². The first kappa shape index (κ1) is 10.0. The van der Waals surface area contributed by atoms with Crippen molar-refractivity contribution in [2.75, 3.05) is 13.7 Å². The molecule has 0 radical (unpaired) electrons. The number of ether oxygens (including phenoxy) is 1. The molecule has 1 atom stereocenters. The lowest BCUT2D eigenvalue weighted by Gasteiger charge is -2.27. The highest BCUT2D eigenvalue weighted by Gasteiger charge is 2.37. The lowest BCUT2D eigenvalue weighted by atomic mass is 9.99. The van der Waals surface area contributed by atoms with Crippen molar-refractivity contribution in [3.63, 3.8) is 0 Å². The summed E-state index contributed by atoms with van der Waals surface area (Å²) in [5.74, 6) is 0.890. The van der Waals surface area contributed by atoms with Crippen LogP contribution in [0.25, 0.3) is 0 Å². The Kier molecular flexibility index (Phi) is 3.13. The molecule has 72 valence electrons. The van der Waals surface area contributed by atoms with E-state index in [0.717, 1.165) is 12.5 Å². The van der Waals surface area contributed by atoms with Crippen molar-refractivity contribution in [3.05, 3.63) is 0 Å². The molecule has 1 aliphatic carbocycles. The summed E-state index contributed by atoms with van der Waals surface area (Å²) in [6, 6.07) is 0. The zero-order chi connectivity index (χ0) is 9.19. The molecule has 0 aromatic carbocycles. The molecule has 0 heterocycles. The first-order valence-electron chi connectivity index (χ1n) is 4.84. The van der Waals surface area contributed by atoms with Crippen molar-refractivity contribution in [3.8, 4) is 0 Å². The summed E-state index contributed by atoms with van der Waals surface area (Å²) in [7, 11) is 1.76. The van der Waals surface area contributed by atoms with Gasteiger partial charge in [-0.2, -0.15) is 0 Å². The molecule has 2 nitrogen and oxygen atoms in total. The van der Waals surface area contributed by atoms with E-state index in [0.29, 0.717) is 11.6 Å². The molecule has 0 bridgehead atoms. The fourth-order valence-corrected chi connectivity index (χ4v) is 1.44. The van der Waals surface area contributed by atoms with Gasteiger partial charge in [-0.25, -0.2) is 0 Å². The molecule has 1 unspecified atom stereocenters. The molecule has 0 aromatic rings. The van der Waals surface area contributed by atoms with Crippen LogP contribution in [0.15, 0.2) is 0 Å². The Bertz CT molecular complexity index is 141. The van der Waals surface area contributed by atoms with E-state index in [-0.39, 0.29) is 0 Å². The number of methoxy groups -OCH3 is 1. The van der Waals surface area contributed by atoms with Crippen LogP contribution in [0, 0.1) is 5.92 Å². The number of hydrogen-bond donors (Lipinski definition) is 1. The van der Waals surface area contributed by atoms with E-state index < -0.39 is 0 Å². The average Bonchev–Trinajstić information content (AvgIpc) is 2.82. The van der Waals surface area contributed by atoms with E-state index in [1.807, 2.05) is 0 Å². The third-order valence-electron chi connectivity index (χ3n) is 2.85. The van der Waals surface area contributed by atoms with E-state index in [9.17, 15) is 0 Å². The number of hydrogen-bond acceptors (Lipinski definition) is 2. The summed E-state index contributed by atoms with van der Waals surface area (Å²) >= 11 is 0. The van der Waals surface area contributed by atoms with Gasteiger partial charge >= 0.3 is 0 Å². The smallest absolute Gasteiger partial charge is 0.0667 e. The second kappa shape index (κ2) is 3.75. The van der Waals surface area contributed by atoms with Gasteiger partial charge in [0.2, 0.25) is 0 Å². The Morgan fingerprint density at radius 1 is 1.50 bits per heavy atom. The first-order valence-corrected chi connectivity index (χ1v) is 4.84. The van der Waals surface area contributed by atoms with E-state index in [1.165, 1.54) is 12.8 Å². The maximum atomic E-state index is 5.18. The van der Waals surface area contributed by atoms with Gasteiger partial charge in [0.15, 0.2) is 0 Å². The summed E-state index contributed by atoms with van der Waals surface area (Å²) in [4.78, 5) is 0. The monoisotopic (exact) mass is 171 g/mol. The number of rotatable bonds is 5. The van der Waals surface area contributed by atoms with Crippen molar-refractivity contribution in [2.45, 2.75) is 45.3 Å². The minimum Gasteiger partial charge on any atom is -0.380 e. The van der Waals surface area contributed by atoms with Crippen molar-refractivity contribution < 1.29 is 4.74 Å². The van der Waals surface area contributed by atoms with Gasteiger partial charge in [-0.3, -0.25) is 0 Å². The Morgan fingerprint density at radius 2 is 2.08 bits per heavy atom. The highest BCUT2D eigenvalue weighted by molar-refractivity contribution is 4.94. The van der Waals surface area contributed by atoms with E-state index >= 15 is 0 Å². The third kappa shape index (κ3) is 2.76. The van der Waals surface area contributed by atoms with Crippen LogP contribution in [0.1, 0.15) is 33.6 Å². The molecule has 12 heavy (non-hydrogen) atoms. The van der Waals surface area contributed by atoms with E-state index in [2.05, 4.69) is 26.1 Å². The molecular formula is C10H21NO. The summed E-state index contributed by atoms with van der Waals surface area (Å²) in [6.45, 7) is 7.62. The maximum absolute atomic E-state index is 5.18. The van der Waals surface area contributed by atoms with Gasteiger partial charge in [0.05, 0.1) is 6.10 Å². The molecule has 0 saturated heterocycles. The lowest BCUT2D eigenvalue weighted by Crippen LogP contribution is -2.44. The van der Waals surface area contributed by atoms with Crippen LogP contribution in [0.2, 0.25) is 0 Å². The average molecular weight is 171 g/mol.